The van der Waals surface area contributed by atoms with Gasteiger partial charge in [-0.2, -0.15) is 0 Å². The third kappa shape index (κ3) is 3.09. The fourth-order valence-corrected chi connectivity index (χ4v) is 3.54. The van der Waals surface area contributed by atoms with Crippen molar-refractivity contribution in [2.75, 3.05) is 30.3 Å². The van der Waals surface area contributed by atoms with E-state index < -0.39 is 21.6 Å². The van der Waals surface area contributed by atoms with Crippen molar-refractivity contribution in [3.8, 4) is 0 Å². The van der Waals surface area contributed by atoms with Crippen LogP contribution in [0.15, 0.2) is 12.1 Å². The van der Waals surface area contributed by atoms with Gasteiger partial charge >= 0.3 is 0 Å². The highest BCUT2D eigenvalue weighted by Gasteiger charge is 2.25. The Morgan fingerprint density at radius 1 is 1.30 bits per heavy atom. The molecule has 1 saturated heterocycles. The van der Waals surface area contributed by atoms with Crippen molar-refractivity contribution < 1.29 is 17.6 Å². The summed E-state index contributed by atoms with van der Waals surface area (Å²) in [7, 11) is -3.11. The Kier molecular flexibility index (Phi) is 3.99. The average molecular weight is 300 g/mol. The Morgan fingerprint density at radius 3 is 2.70 bits per heavy atom. The SMILES string of the molecule is Cc1cc(N)cc(C(=O)N2CCCS(=O)(=O)CC2)c1F. The Bertz CT molecular complexity index is 643. The van der Waals surface area contributed by atoms with Crippen LogP contribution >= 0.6 is 0 Å². The number of hydrogen-bond donors (Lipinski definition) is 1. The summed E-state index contributed by atoms with van der Waals surface area (Å²) >= 11 is 0. The maximum atomic E-state index is 14.0. The van der Waals surface area contributed by atoms with E-state index in [2.05, 4.69) is 0 Å². The summed E-state index contributed by atoms with van der Waals surface area (Å²) < 4.78 is 37.1. The molecule has 20 heavy (non-hydrogen) atoms. The molecule has 1 fully saturated rings. The first-order valence-corrected chi connectivity index (χ1v) is 8.17. The normalized spacial score (nSPS) is 18.6. The lowest BCUT2D eigenvalue weighted by Gasteiger charge is -2.20. The van der Waals surface area contributed by atoms with Crippen molar-refractivity contribution in [2.45, 2.75) is 13.3 Å². The number of amides is 1. The van der Waals surface area contributed by atoms with Crippen LogP contribution in [0.2, 0.25) is 0 Å². The van der Waals surface area contributed by atoms with Gasteiger partial charge in [-0.05, 0) is 31.0 Å². The number of aryl methyl sites for hydroxylation is 1. The maximum Gasteiger partial charge on any atom is 0.256 e. The first-order chi connectivity index (χ1) is 9.30. The van der Waals surface area contributed by atoms with Gasteiger partial charge in [0.05, 0.1) is 17.1 Å². The number of carbonyl (C=O) groups is 1. The minimum atomic E-state index is -3.11. The molecular formula is C13H17FN2O3S. The molecule has 1 aliphatic rings. The standard InChI is InChI=1S/C13H17FN2O3S/c1-9-7-10(15)8-11(12(9)14)13(17)16-3-2-5-20(18,19)6-4-16/h7-8H,2-6,15H2,1H3. The predicted octanol–water partition coefficient (Wildman–Crippen LogP) is 0.977. The molecule has 1 aromatic rings. The van der Waals surface area contributed by atoms with Gasteiger partial charge in [0.2, 0.25) is 0 Å². The monoisotopic (exact) mass is 300 g/mol. The third-order valence-electron chi connectivity index (χ3n) is 3.35. The molecule has 1 amide bonds. The number of rotatable bonds is 1. The van der Waals surface area contributed by atoms with Crippen molar-refractivity contribution in [1.29, 1.82) is 0 Å². The van der Waals surface area contributed by atoms with Gasteiger partial charge < -0.3 is 10.6 Å². The molecule has 0 saturated carbocycles. The van der Waals surface area contributed by atoms with Crippen molar-refractivity contribution in [2.24, 2.45) is 0 Å². The number of nitrogen functional groups attached to an aromatic ring is 1. The van der Waals surface area contributed by atoms with E-state index in [0.29, 0.717) is 24.2 Å². The van der Waals surface area contributed by atoms with E-state index in [1.165, 1.54) is 24.0 Å². The van der Waals surface area contributed by atoms with Gasteiger partial charge in [-0.3, -0.25) is 4.79 Å². The molecule has 5 nitrogen and oxygen atoms in total. The summed E-state index contributed by atoms with van der Waals surface area (Å²) in [6.07, 6.45) is 0.372. The van der Waals surface area contributed by atoms with Gasteiger partial charge in [0.1, 0.15) is 5.82 Å². The lowest BCUT2D eigenvalue weighted by Crippen LogP contribution is -2.34. The van der Waals surface area contributed by atoms with Crippen molar-refractivity contribution in [3.63, 3.8) is 0 Å². The van der Waals surface area contributed by atoms with Crippen LogP contribution in [0.1, 0.15) is 22.3 Å². The first-order valence-electron chi connectivity index (χ1n) is 6.35. The first kappa shape index (κ1) is 14.8. The molecule has 2 rings (SSSR count). The fourth-order valence-electron chi connectivity index (χ4n) is 2.26. The molecular weight excluding hydrogens is 283 g/mol. The Labute approximate surface area is 117 Å². The predicted molar refractivity (Wildman–Crippen MR) is 74.7 cm³/mol. The molecule has 1 aromatic carbocycles. The molecule has 7 heteroatoms. The number of sulfone groups is 1. The average Bonchev–Trinajstić information content (AvgIpc) is 2.54. The lowest BCUT2D eigenvalue weighted by molar-refractivity contribution is 0.0763. The van der Waals surface area contributed by atoms with Crippen LogP contribution in [0.4, 0.5) is 10.1 Å². The zero-order valence-electron chi connectivity index (χ0n) is 11.2. The third-order valence-corrected chi connectivity index (χ3v) is 5.07. The number of carbonyl (C=O) groups excluding carboxylic acids is 1. The highest BCUT2D eigenvalue weighted by molar-refractivity contribution is 7.91. The van der Waals surface area contributed by atoms with E-state index in [4.69, 9.17) is 5.73 Å². The van der Waals surface area contributed by atoms with Crippen molar-refractivity contribution in [3.05, 3.63) is 29.1 Å². The van der Waals surface area contributed by atoms with Gasteiger partial charge in [0.15, 0.2) is 9.84 Å². The molecule has 2 N–H and O–H groups in total. The quantitative estimate of drug-likeness (QED) is 0.784. The Balaban J connectivity index is 2.28. The van der Waals surface area contributed by atoms with Crippen LogP contribution in [0.25, 0.3) is 0 Å². The molecule has 110 valence electrons. The molecule has 0 bridgehead atoms. The van der Waals surface area contributed by atoms with Gasteiger partial charge in [0, 0.05) is 18.8 Å². The van der Waals surface area contributed by atoms with E-state index in [1.807, 2.05) is 0 Å². The number of hydrogen-bond acceptors (Lipinski definition) is 4. The van der Waals surface area contributed by atoms with Gasteiger partial charge in [-0.15, -0.1) is 0 Å². The molecule has 0 aliphatic carbocycles. The topological polar surface area (TPSA) is 80.5 Å². The van der Waals surface area contributed by atoms with Crippen LogP contribution < -0.4 is 5.73 Å². The fraction of sp³-hybridized carbons (Fsp3) is 0.462. The molecule has 0 aromatic heterocycles. The summed E-state index contributed by atoms with van der Waals surface area (Å²) in [6, 6.07) is 2.75. The molecule has 0 radical (unpaired) electrons. The molecule has 1 heterocycles. The van der Waals surface area contributed by atoms with Gasteiger partial charge in [-0.1, -0.05) is 0 Å². The van der Waals surface area contributed by atoms with Crippen LogP contribution in [0.3, 0.4) is 0 Å². The molecule has 0 atom stereocenters. The van der Waals surface area contributed by atoms with Crippen LogP contribution in [0.5, 0.6) is 0 Å². The van der Waals surface area contributed by atoms with E-state index in [9.17, 15) is 17.6 Å². The van der Waals surface area contributed by atoms with Crippen LogP contribution in [-0.4, -0.2) is 43.8 Å². The van der Waals surface area contributed by atoms with Gasteiger partial charge in [0.25, 0.3) is 5.91 Å². The Morgan fingerprint density at radius 2 is 2.00 bits per heavy atom. The molecule has 1 aliphatic heterocycles. The summed E-state index contributed by atoms with van der Waals surface area (Å²) in [5.74, 6) is -1.12. The largest absolute Gasteiger partial charge is 0.399 e. The smallest absolute Gasteiger partial charge is 0.256 e. The van der Waals surface area contributed by atoms with Crippen LogP contribution in [-0.2, 0) is 9.84 Å². The molecule has 0 spiro atoms. The highest BCUT2D eigenvalue weighted by Crippen LogP contribution is 2.19. The number of benzene rings is 1. The van der Waals surface area contributed by atoms with E-state index in [-0.39, 0.29) is 23.6 Å². The Hall–Kier alpha value is -1.63. The minimum absolute atomic E-state index is 0.0647. The van der Waals surface area contributed by atoms with E-state index in [1.54, 1.807) is 0 Å². The lowest BCUT2D eigenvalue weighted by atomic mass is 10.1. The number of nitrogens with two attached hydrogens (primary N) is 1. The zero-order valence-corrected chi connectivity index (χ0v) is 12.0. The minimum Gasteiger partial charge on any atom is -0.399 e. The summed E-state index contributed by atoms with van der Waals surface area (Å²) in [4.78, 5) is 13.7. The molecule has 0 unspecified atom stereocenters. The summed E-state index contributed by atoms with van der Waals surface area (Å²) in [5.41, 5.74) is 6.16. The number of nitrogens with zero attached hydrogens (tertiary/aromatic N) is 1. The second-order valence-electron chi connectivity index (χ2n) is 5.00. The number of anilines is 1. The second kappa shape index (κ2) is 5.40. The second-order valence-corrected chi connectivity index (χ2v) is 7.30. The van der Waals surface area contributed by atoms with Gasteiger partial charge in [-0.25, -0.2) is 12.8 Å². The summed E-state index contributed by atoms with van der Waals surface area (Å²) in [6.45, 7) is 1.94. The number of halogens is 1. The zero-order chi connectivity index (χ0) is 14.9. The van der Waals surface area contributed by atoms with Crippen LogP contribution in [0, 0.1) is 12.7 Å². The highest BCUT2D eigenvalue weighted by atomic mass is 32.2. The summed E-state index contributed by atoms with van der Waals surface area (Å²) in [5, 5.41) is 0. The van der Waals surface area contributed by atoms with E-state index in [0.717, 1.165) is 0 Å². The van der Waals surface area contributed by atoms with E-state index >= 15 is 0 Å². The maximum absolute atomic E-state index is 14.0. The van der Waals surface area contributed by atoms with Crippen molar-refractivity contribution in [1.82, 2.24) is 4.90 Å². The van der Waals surface area contributed by atoms with Crippen molar-refractivity contribution >= 4 is 21.4 Å².